The summed E-state index contributed by atoms with van der Waals surface area (Å²) >= 11 is 0. The predicted molar refractivity (Wildman–Crippen MR) is 87.5 cm³/mol. The van der Waals surface area contributed by atoms with Crippen LogP contribution in [0.4, 0.5) is 0 Å². The first-order valence-corrected chi connectivity index (χ1v) is 8.93. The molecule has 2 saturated carbocycles. The minimum absolute atomic E-state index is 0.508. The molecule has 0 spiro atoms. The van der Waals surface area contributed by atoms with E-state index in [0.29, 0.717) is 5.41 Å². The summed E-state index contributed by atoms with van der Waals surface area (Å²) < 4.78 is 11.1. The lowest BCUT2D eigenvalue weighted by Gasteiger charge is -2.38. The summed E-state index contributed by atoms with van der Waals surface area (Å²) in [6.07, 6.45) is 8.24. The van der Waals surface area contributed by atoms with E-state index in [1.807, 2.05) is 0 Å². The largest absolute Gasteiger partial charge is 0.383 e. The molecule has 0 amide bonds. The Morgan fingerprint density at radius 1 is 1.19 bits per heavy atom. The SMILES string of the molecule is COCCNCC1(CCOCCC(C)C)CC2CCC1C2. The molecule has 3 nitrogen and oxygen atoms in total. The number of nitrogens with one attached hydrogen (secondary N) is 1. The van der Waals surface area contributed by atoms with Crippen molar-refractivity contribution in [2.75, 3.05) is 40.0 Å². The second kappa shape index (κ2) is 8.50. The lowest BCUT2D eigenvalue weighted by Crippen LogP contribution is -2.40. The zero-order valence-corrected chi connectivity index (χ0v) is 14.3. The number of methoxy groups -OCH3 is 1. The topological polar surface area (TPSA) is 30.5 Å². The number of fused-ring (bicyclic) bond motifs is 2. The summed E-state index contributed by atoms with van der Waals surface area (Å²) in [4.78, 5) is 0. The molecule has 0 aromatic heterocycles. The van der Waals surface area contributed by atoms with Crippen molar-refractivity contribution in [3.63, 3.8) is 0 Å². The normalized spacial score (nSPS) is 31.4. The Hall–Kier alpha value is -0.120. The predicted octanol–water partition coefficient (Wildman–Crippen LogP) is 3.48. The van der Waals surface area contributed by atoms with Gasteiger partial charge in [-0.05, 0) is 55.3 Å². The molecule has 1 N–H and O–H groups in total. The third kappa shape index (κ3) is 4.94. The molecular formula is C18H35NO2. The molecule has 0 aromatic rings. The molecule has 0 radical (unpaired) electrons. The summed E-state index contributed by atoms with van der Waals surface area (Å²) in [6, 6.07) is 0. The maximum Gasteiger partial charge on any atom is 0.0587 e. The van der Waals surface area contributed by atoms with E-state index in [4.69, 9.17) is 9.47 Å². The average Bonchev–Trinajstić information content (AvgIpc) is 3.04. The van der Waals surface area contributed by atoms with Crippen molar-refractivity contribution >= 4 is 0 Å². The molecule has 2 rings (SSSR count). The van der Waals surface area contributed by atoms with E-state index in [1.54, 1.807) is 7.11 Å². The molecule has 21 heavy (non-hydrogen) atoms. The first-order valence-electron chi connectivity index (χ1n) is 8.93. The molecule has 0 aliphatic heterocycles. The molecule has 2 bridgehead atoms. The van der Waals surface area contributed by atoms with Crippen LogP contribution in [0.15, 0.2) is 0 Å². The summed E-state index contributed by atoms with van der Waals surface area (Å²) in [5, 5.41) is 3.63. The standard InChI is InChI=1S/C18H35NO2/c1-15(2)6-9-21-10-7-18(14-19-8-11-20-3)13-16-4-5-17(18)12-16/h15-17,19H,4-14H2,1-3H3. The van der Waals surface area contributed by atoms with E-state index in [1.165, 1.54) is 38.5 Å². The molecule has 124 valence electrons. The molecule has 3 unspecified atom stereocenters. The van der Waals surface area contributed by atoms with Gasteiger partial charge in [0.1, 0.15) is 0 Å². The van der Waals surface area contributed by atoms with E-state index in [2.05, 4.69) is 19.2 Å². The van der Waals surface area contributed by atoms with Crippen LogP contribution in [0.2, 0.25) is 0 Å². The van der Waals surface area contributed by atoms with Crippen LogP contribution in [0.1, 0.15) is 52.4 Å². The van der Waals surface area contributed by atoms with Gasteiger partial charge in [0.2, 0.25) is 0 Å². The fourth-order valence-corrected chi connectivity index (χ4v) is 4.38. The Bertz CT molecular complexity index is 295. The van der Waals surface area contributed by atoms with Crippen molar-refractivity contribution in [3.05, 3.63) is 0 Å². The van der Waals surface area contributed by atoms with Crippen LogP contribution in [0.5, 0.6) is 0 Å². The van der Waals surface area contributed by atoms with Gasteiger partial charge in [0.25, 0.3) is 0 Å². The van der Waals surface area contributed by atoms with Gasteiger partial charge in [0, 0.05) is 33.4 Å². The summed E-state index contributed by atoms with van der Waals surface area (Å²) in [5.41, 5.74) is 0.508. The first-order chi connectivity index (χ1) is 10.2. The third-order valence-corrected chi connectivity index (χ3v) is 5.65. The van der Waals surface area contributed by atoms with Crippen molar-refractivity contribution in [1.82, 2.24) is 5.32 Å². The van der Waals surface area contributed by atoms with Gasteiger partial charge in [-0.25, -0.2) is 0 Å². The molecule has 3 heteroatoms. The minimum Gasteiger partial charge on any atom is -0.383 e. The van der Waals surface area contributed by atoms with Crippen LogP contribution >= 0.6 is 0 Å². The number of ether oxygens (including phenoxy) is 2. The second-order valence-electron chi connectivity index (χ2n) is 7.66. The fourth-order valence-electron chi connectivity index (χ4n) is 4.38. The van der Waals surface area contributed by atoms with Crippen LogP contribution in [-0.2, 0) is 9.47 Å². The summed E-state index contributed by atoms with van der Waals surface area (Å²) in [5.74, 6) is 2.68. The smallest absolute Gasteiger partial charge is 0.0587 e. The van der Waals surface area contributed by atoms with E-state index < -0.39 is 0 Å². The maximum atomic E-state index is 5.91. The summed E-state index contributed by atoms with van der Waals surface area (Å²) in [7, 11) is 1.78. The Balaban J connectivity index is 1.74. The Labute approximate surface area is 131 Å². The van der Waals surface area contributed by atoms with E-state index in [-0.39, 0.29) is 0 Å². The van der Waals surface area contributed by atoms with Crippen LogP contribution in [0, 0.1) is 23.2 Å². The van der Waals surface area contributed by atoms with Crippen molar-refractivity contribution in [1.29, 1.82) is 0 Å². The fraction of sp³-hybridized carbons (Fsp3) is 1.00. The molecule has 2 fully saturated rings. The van der Waals surface area contributed by atoms with Gasteiger partial charge in [0.05, 0.1) is 6.61 Å². The van der Waals surface area contributed by atoms with E-state index in [0.717, 1.165) is 50.7 Å². The van der Waals surface area contributed by atoms with Crippen molar-refractivity contribution < 1.29 is 9.47 Å². The molecule has 2 aliphatic rings. The van der Waals surface area contributed by atoms with Gasteiger partial charge in [0.15, 0.2) is 0 Å². The highest BCUT2D eigenvalue weighted by Gasteiger charge is 2.49. The summed E-state index contributed by atoms with van der Waals surface area (Å²) in [6.45, 7) is 9.35. The van der Waals surface area contributed by atoms with E-state index >= 15 is 0 Å². The number of hydrogen-bond donors (Lipinski definition) is 1. The highest BCUT2D eigenvalue weighted by Crippen LogP contribution is 2.57. The Kier molecular flexibility index (Phi) is 6.97. The second-order valence-corrected chi connectivity index (χ2v) is 7.66. The molecule has 3 atom stereocenters. The van der Waals surface area contributed by atoms with Crippen LogP contribution in [-0.4, -0.2) is 40.0 Å². The van der Waals surface area contributed by atoms with Crippen molar-refractivity contribution in [2.45, 2.75) is 52.4 Å². The number of rotatable bonds is 11. The monoisotopic (exact) mass is 297 g/mol. The van der Waals surface area contributed by atoms with Crippen LogP contribution in [0.3, 0.4) is 0 Å². The molecule has 0 aromatic carbocycles. The van der Waals surface area contributed by atoms with Crippen molar-refractivity contribution in [3.8, 4) is 0 Å². The van der Waals surface area contributed by atoms with Gasteiger partial charge in [-0.15, -0.1) is 0 Å². The highest BCUT2D eigenvalue weighted by molar-refractivity contribution is 5.01. The lowest BCUT2D eigenvalue weighted by molar-refractivity contribution is 0.0575. The zero-order chi connectivity index (χ0) is 15.1. The minimum atomic E-state index is 0.508. The first kappa shape index (κ1) is 17.2. The Morgan fingerprint density at radius 2 is 2.05 bits per heavy atom. The zero-order valence-electron chi connectivity index (χ0n) is 14.3. The number of hydrogen-bond acceptors (Lipinski definition) is 3. The average molecular weight is 297 g/mol. The van der Waals surface area contributed by atoms with Crippen molar-refractivity contribution in [2.24, 2.45) is 23.2 Å². The lowest BCUT2D eigenvalue weighted by atomic mass is 9.71. The van der Waals surface area contributed by atoms with Gasteiger partial charge in [-0.2, -0.15) is 0 Å². The van der Waals surface area contributed by atoms with E-state index in [9.17, 15) is 0 Å². The van der Waals surface area contributed by atoms with Gasteiger partial charge < -0.3 is 14.8 Å². The quantitative estimate of drug-likeness (QED) is 0.592. The van der Waals surface area contributed by atoms with Crippen LogP contribution in [0.25, 0.3) is 0 Å². The highest BCUT2D eigenvalue weighted by atomic mass is 16.5. The van der Waals surface area contributed by atoms with Gasteiger partial charge in [-0.1, -0.05) is 20.3 Å². The van der Waals surface area contributed by atoms with Crippen LogP contribution < -0.4 is 5.32 Å². The molecular weight excluding hydrogens is 262 g/mol. The molecule has 0 heterocycles. The molecule has 0 saturated heterocycles. The van der Waals surface area contributed by atoms with Gasteiger partial charge >= 0.3 is 0 Å². The third-order valence-electron chi connectivity index (χ3n) is 5.65. The maximum absolute atomic E-state index is 5.91. The molecule has 2 aliphatic carbocycles. The van der Waals surface area contributed by atoms with Gasteiger partial charge in [-0.3, -0.25) is 0 Å². The Morgan fingerprint density at radius 3 is 2.67 bits per heavy atom.